The normalized spacial score (nSPS) is 10.2. The lowest BCUT2D eigenvalue weighted by atomic mass is 10.1. The highest BCUT2D eigenvalue weighted by atomic mass is 35.5. The van der Waals surface area contributed by atoms with Crippen LogP contribution in [0.2, 0.25) is 0 Å². The summed E-state index contributed by atoms with van der Waals surface area (Å²) in [7, 11) is 0. The fraction of sp³-hybridized carbons (Fsp3) is 0.167. The van der Waals surface area contributed by atoms with E-state index >= 15 is 0 Å². The van der Waals surface area contributed by atoms with E-state index in [-0.39, 0.29) is 6.61 Å². The molecule has 2 heterocycles. The van der Waals surface area contributed by atoms with E-state index in [4.69, 9.17) is 27.2 Å². The van der Waals surface area contributed by atoms with Crippen LogP contribution in [0.5, 0.6) is 0 Å². The van der Waals surface area contributed by atoms with Gasteiger partial charge >= 0.3 is 0 Å². The summed E-state index contributed by atoms with van der Waals surface area (Å²) in [4.78, 5) is 8.48. The number of aryl methyl sites for hydroxylation is 2. The van der Waals surface area contributed by atoms with Gasteiger partial charge in [-0.3, -0.25) is 9.97 Å². The molecular formula is C24H19ClN4O. The molecule has 0 aliphatic heterocycles. The van der Waals surface area contributed by atoms with Crippen LogP contribution in [0.1, 0.15) is 33.4 Å². The van der Waals surface area contributed by atoms with Crippen LogP contribution >= 0.6 is 11.6 Å². The highest BCUT2D eigenvalue weighted by Gasteiger charge is 2.05. The molecule has 5 nitrogen and oxygen atoms in total. The average molecular weight is 415 g/mol. The van der Waals surface area contributed by atoms with E-state index in [2.05, 4.69) is 22.1 Å². The Kier molecular flexibility index (Phi) is 6.59. The first-order valence-electron chi connectivity index (χ1n) is 9.24. The number of aliphatic hydroxyl groups is 1. The summed E-state index contributed by atoms with van der Waals surface area (Å²) in [5.74, 6) is 0.415. The van der Waals surface area contributed by atoms with E-state index in [1.54, 1.807) is 24.5 Å². The number of pyridine rings is 2. The van der Waals surface area contributed by atoms with Crippen molar-refractivity contribution >= 4 is 33.4 Å². The van der Waals surface area contributed by atoms with Crippen molar-refractivity contribution in [1.29, 1.82) is 10.5 Å². The largest absolute Gasteiger partial charge is 0.392 e. The Balaban J connectivity index is 0.000000171. The fourth-order valence-electron chi connectivity index (χ4n) is 3.18. The molecule has 2 aromatic carbocycles. The molecule has 0 radical (unpaired) electrons. The number of nitrogens with zero attached hydrogens (tertiary/aromatic N) is 4. The molecule has 0 aliphatic carbocycles. The molecule has 148 valence electrons. The zero-order valence-electron chi connectivity index (χ0n) is 16.6. The van der Waals surface area contributed by atoms with Crippen LogP contribution in [-0.4, -0.2) is 15.1 Å². The van der Waals surface area contributed by atoms with Crippen molar-refractivity contribution in [1.82, 2.24) is 9.97 Å². The number of aromatic nitrogens is 2. The molecule has 0 spiro atoms. The lowest BCUT2D eigenvalue weighted by Crippen LogP contribution is -1.90. The zero-order chi connectivity index (χ0) is 21.7. The van der Waals surface area contributed by atoms with Crippen LogP contribution in [0.3, 0.4) is 0 Å². The van der Waals surface area contributed by atoms with Crippen molar-refractivity contribution < 1.29 is 5.11 Å². The van der Waals surface area contributed by atoms with Crippen LogP contribution in [0.25, 0.3) is 21.8 Å². The third-order valence-corrected chi connectivity index (χ3v) is 4.85. The molecule has 0 amide bonds. The Labute approximate surface area is 179 Å². The average Bonchev–Trinajstić information content (AvgIpc) is 2.77. The number of aliphatic hydroxyl groups excluding tert-OH is 1. The summed E-state index contributed by atoms with van der Waals surface area (Å²) in [6, 6.07) is 15.5. The van der Waals surface area contributed by atoms with Gasteiger partial charge in [-0.25, -0.2) is 0 Å². The van der Waals surface area contributed by atoms with E-state index in [1.165, 1.54) is 0 Å². The summed E-state index contributed by atoms with van der Waals surface area (Å²) < 4.78 is 0. The lowest BCUT2D eigenvalue weighted by molar-refractivity contribution is 0.282. The predicted molar refractivity (Wildman–Crippen MR) is 118 cm³/mol. The van der Waals surface area contributed by atoms with Gasteiger partial charge in [0.05, 0.1) is 28.8 Å². The minimum atomic E-state index is -0.0570. The minimum Gasteiger partial charge on any atom is -0.392 e. The maximum absolute atomic E-state index is 9.06. The summed E-state index contributed by atoms with van der Waals surface area (Å²) in [6.07, 6.45) is 3.51. The fourth-order valence-corrected chi connectivity index (χ4v) is 3.34. The summed E-state index contributed by atoms with van der Waals surface area (Å²) in [5.41, 5.74) is 6.36. The van der Waals surface area contributed by atoms with Gasteiger partial charge in [0.2, 0.25) is 0 Å². The molecule has 0 unspecified atom stereocenters. The Morgan fingerprint density at radius 3 is 1.70 bits per heavy atom. The maximum Gasteiger partial charge on any atom is 0.101 e. The van der Waals surface area contributed by atoms with Crippen molar-refractivity contribution in [3.63, 3.8) is 0 Å². The summed E-state index contributed by atoms with van der Waals surface area (Å²) in [6.45, 7) is 3.87. The van der Waals surface area contributed by atoms with Crippen molar-refractivity contribution in [3.8, 4) is 12.1 Å². The van der Waals surface area contributed by atoms with Gasteiger partial charge in [0, 0.05) is 29.0 Å². The molecule has 4 rings (SSSR count). The Morgan fingerprint density at radius 1 is 0.800 bits per heavy atom. The molecule has 30 heavy (non-hydrogen) atoms. The molecule has 4 aromatic rings. The third-order valence-electron chi connectivity index (χ3n) is 4.54. The Morgan fingerprint density at radius 2 is 1.27 bits per heavy atom. The molecule has 0 saturated heterocycles. The lowest BCUT2D eigenvalue weighted by Gasteiger charge is -2.03. The van der Waals surface area contributed by atoms with E-state index in [0.29, 0.717) is 22.5 Å². The van der Waals surface area contributed by atoms with Crippen molar-refractivity contribution in [2.24, 2.45) is 0 Å². The molecular weight excluding hydrogens is 396 g/mol. The number of nitriles is 2. The number of hydrogen-bond donors (Lipinski definition) is 1. The standard InChI is InChI=1S/C12H9ClN2.C12H10N2O/c1-8-2-10-3-9(5-13)4-11(6-14)12(10)15-7-8;1-8-2-10-3-9(7-15)4-11(5-13)12(10)14-6-8/h2-4,7H,5H2,1H3;2-4,6,15H,7H2,1H3. The number of benzene rings is 2. The molecule has 0 fully saturated rings. The second-order valence-electron chi connectivity index (χ2n) is 6.97. The quantitative estimate of drug-likeness (QED) is 0.462. The first kappa shape index (κ1) is 21.2. The van der Waals surface area contributed by atoms with E-state index < -0.39 is 0 Å². The van der Waals surface area contributed by atoms with Crippen molar-refractivity contribution in [2.75, 3.05) is 0 Å². The van der Waals surface area contributed by atoms with Crippen LogP contribution in [0.4, 0.5) is 0 Å². The SMILES string of the molecule is Cc1cnc2c(C#N)cc(CCl)cc2c1.Cc1cnc2c(C#N)cc(CO)cc2c1. The molecule has 0 aliphatic rings. The van der Waals surface area contributed by atoms with Gasteiger partial charge in [-0.15, -0.1) is 11.6 Å². The monoisotopic (exact) mass is 414 g/mol. The first-order valence-corrected chi connectivity index (χ1v) is 9.78. The molecule has 1 N–H and O–H groups in total. The molecule has 0 atom stereocenters. The van der Waals surface area contributed by atoms with Crippen molar-refractivity contribution in [2.45, 2.75) is 26.3 Å². The van der Waals surface area contributed by atoms with Gasteiger partial charge < -0.3 is 5.11 Å². The Bertz CT molecular complexity index is 1220. The number of alkyl halides is 1. The predicted octanol–water partition coefficient (Wildman–Crippen LogP) is 5.06. The molecule has 2 aromatic heterocycles. The van der Waals surface area contributed by atoms with Gasteiger partial charge in [-0.2, -0.15) is 10.5 Å². The number of halogens is 1. The first-order chi connectivity index (χ1) is 14.5. The van der Waals surface area contributed by atoms with E-state index in [1.807, 2.05) is 38.1 Å². The Hall–Kier alpha value is -3.51. The van der Waals surface area contributed by atoms with Gasteiger partial charge in [-0.05, 0) is 72.5 Å². The highest BCUT2D eigenvalue weighted by molar-refractivity contribution is 6.17. The van der Waals surface area contributed by atoms with Gasteiger partial charge in [0.1, 0.15) is 12.1 Å². The van der Waals surface area contributed by atoms with Gasteiger partial charge in [-0.1, -0.05) is 0 Å². The van der Waals surface area contributed by atoms with Crippen LogP contribution in [0, 0.1) is 36.5 Å². The number of fused-ring (bicyclic) bond motifs is 2. The third kappa shape index (κ3) is 4.55. The second-order valence-corrected chi connectivity index (χ2v) is 7.24. The summed E-state index contributed by atoms with van der Waals surface area (Å²) in [5, 5.41) is 28.9. The molecule has 0 bridgehead atoms. The van der Waals surface area contributed by atoms with Crippen molar-refractivity contribution in [3.05, 3.63) is 82.2 Å². The highest BCUT2D eigenvalue weighted by Crippen LogP contribution is 2.21. The maximum atomic E-state index is 9.06. The van der Waals surface area contributed by atoms with Gasteiger partial charge in [0.25, 0.3) is 0 Å². The number of rotatable bonds is 2. The summed E-state index contributed by atoms with van der Waals surface area (Å²) >= 11 is 5.77. The smallest absolute Gasteiger partial charge is 0.101 e. The molecule has 0 saturated carbocycles. The zero-order valence-corrected chi connectivity index (χ0v) is 17.4. The second kappa shape index (κ2) is 9.33. The van der Waals surface area contributed by atoms with E-state index in [9.17, 15) is 0 Å². The van der Waals surface area contributed by atoms with Gasteiger partial charge in [0.15, 0.2) is 0 Å². The van der Waals surface area contributed by atoms with Crippen LogP contribution in [0.15, 0.2) is 48.8 Å². The van der Waals surface area contributed by atoms with E-state index in [0.717, 1.165) is 38.5 Å². The minimum absolute atomic E-state index is 0.0570. The topological polar surface area (TPSA) is 93.6 Å². The van der Waals surface area contributed by atoms with Crippen LogP contribution in [-0.2, 0) is 12.5 Å². The molecule has 6 heteroatoms. The van der Waals surface area contributed by atoms with Crippen LogP contribution < -0.4 is 0 Å². The number of hydrogen-bond acceptors (Lipinski definition) is 5.